The van der Waals surface area contributed by atoms with Crippen LogP contribution in [0.3, 0.4) is 0 Å². The zero-order valence-corrected chi connectivity index (χ0v) is 8.32. The van der Waals surface area contributed by atoms with Crippen molar-refractivity contribution in [2.45, 2.75) is 19.1 Å². The highest BCUT2D eigenvalue weighted by atomic mass is 16.7. The van der Waals surface area contributed by atoms with Gasteiger partial charge in [0.15, 0.2) is 5.79 Å². The Morgan fingerprint density at radius 1 is 1.29 bits per heavy atom. The molecule has 0 bridgehead atoms. The van der Waals surface area contributed by atoms with Crippen LogP contribution in [-0.2, 0) is 15.9 Å². The molecule has 1 aromatic rings. The molecule has 14 heavy (non-hydrogen) atoms. The number of anilines is 1. The van der Waals surface area contributed by atoms with E-state index >= 15 is 0 Å². The second-order valence-electron chi connectivity index (χ2n) is 3.71. The van der Waals surface area contributed by atoms with Gasteiger partial charge in [0, 0.05) is 12.1 Å². The Morgan fingerprint density at radius 3 is 2.57 bits per heavy atom. The molecule has 1 saturated heterocycles. The first-order valence-corrected chi connectivity index (χ1v) is 4.81. The van der Waals surface area contributed by atoms with Gasteiger partial charge in [-0.15, -0.1) is 0 Å². The average Bonchev–Trinajstić information content (AvgIpc) is 2.57. The highest BCUT2D eigenvalue weighted by molar-refractivity contribution is 5.46. The normalized spacial score (nSPS) is 19.8. The van der Waals surface area contributed by atoms with Crippen LogP contribution in [0.15, 0.2) is 24.3 Å². The van der Waals surface area contributed by atoms with Gasteiger partial charge in [0.25, 0.3) is 0 Å². The van der Waals surface area contributed by atoms with Crippen LogP contribution < -0.4 is 5.73 Å². The minimum absolute atomic E-state index is 0.491. The number of hydrogen-bond acceptors (Lipinski definition) is 3. The maximum atomic E-state index is 5.85. The van der Waals surface area contributed by atoms with Gasteiger partial charge in [0.1, 0.15) is 0 Å². The second kappa shape index (κ2) is 3.59. The van der Waals surface area contributed by atoms with Crippen molar-refractivity contribution in [2.75, 3.05) is 18.9 Å². The molecule has 2 N–H and O–H groups in total. The molecule has 0 spiro atoms. The topological polar surface area (TPSA) is 44.5 Å². The Labute approximate surface area is 83.8 Å². The number of para-hydroxylation sites is 1. The van der Waals surface area contributed by atoms with Crippen molar-refractivity contribution >= 4 is 5.69 Å². The standard InChI is InChI=1S/C11H15NO2/c1-11(13-6-7-14-11)8-9-4-2-3-5-10(9)12/h2-5H,6-8,12H2,1H3. The molecule has 1 aromatic carbocycles. The van der Waals surface area contributed by atoms with Gasteiger partial charge in [-0.3, -0.25) is 0 Å². The van der Waals surface area contributed by atoms with Gasteiger partial charge >= 0.3 is 0 Å². The van der Waals surface area contributed by atoms with Crippen LogP contribution in [0.5, 0.6) is 0 Å². The second-order valence-corrected chi connectivity index (χ2v) is 3.71. The van der Waals surface area contributed by atoms with Gasteiger partial charge in [0.2, 0.25) is 0 Å². The monoisotopic (exact) mass is 193 g/mol. The lowest BCUT2D eigenvalue weighted by Gasteiger charge is -2.22. The van der Waals surface area contributed by atoms with Crippen molar-refractivity contribution in [1.29, 1.82) is 0 Å². The summed E-state index contributed by atoms with van der Waals surface area (Å²) in [5.41, 5.74) is 7.73. The van der Waals surface area contributed by atoms with E-state index in [1.165, 1.54) is 0 Å². The SMILES string of the molecule is CC1(Cc2ccccc2N)OCCO1. The fourth-order valence-electron chi connectivity index (χ4n) is 1.70. The molecule has 1 fully saturated rings. The van der Waals surface area contributed by atoms with E-state index in [0.29, 0.717) is 19.6 Å². The molecule has 1 aliphatic heterocycles. The minimum atomic E-state index is -0.491. The van der Waals surface area contributed by atoms with Gasteiger partial charge in [-0.1, -0.05) is 18.2 Å². The lowest BCUT2D eigenvalue weighted by atomic mass is 10.0. The lowest BCUT2D eigenvalue weighted by Crippen LogP contribution is -2.28. The highest BCUT2D eigenvalue weighted by Gasteiger charge is 2.31. The van der Waals surface area contributed by atoms with Crippen LogP contribution in [0.2, 0.25) is 0 Å². The van der Waals surface area contributed by atoms with Crippen LogP contribution in [0.1, 0.15) is 12.5 Å². The molecule has 76 valence electrons. The van der Waals surface area contributed by atoms with Crippen molar-refractivity contribution < 1.29 is 9.47 Å². The Morgan fingerprint density at radius 2 is 1.93 bits per heavy atom. The summed E-state index contributed by atoms with van der Waals surface area (Å²) in [7, 11) is 0. The van der Waals surface area contributed by atoms with Crippen LogP contribution in [0, 0.1) is 0 Å². The number of nitrogens with two attached hydrogens (primary N) is 1. The number of benzene rings is 1. The van der Waals surface area contributed by atoms with E-state index in [0.717, 1.165) is 11.3 Å². The summed E-state index contributed by atoms with van der Waals surface area (Å²) >= 11 is 0. The first-order valence-electron chi connectivity index (χ1n) is 4.81. The van der Waals surface area contributed by atoms with Crippen molar-refractivity contribution in [3.8, 4) is 0 Å². The summed E-state index contributed by atoms with van der Waals surface area (Å²) in [6, 6.07) is 7.81. The van der Waals surface area contributed by atoms with Gasteiger partial charge in [0.05, 0.1) is 13.2 Å². The van der Waals surface area contributed by atoms with Crippen LogP contribution in [0.4, 0.5) is 5.69 Å². The van der Waals surface area contributed by atoms with E-state index in [2.05, 4.69) is 0 Å². The molecule has 1 heterocycles. The lowest BCUT2D eigenvalue weighted by molar-refractivity contribution is -0.140. The molecule has 0 unspecified atom stereocenters. The quantitative estimate of drug-likeness (QED) is 0.725. The number of nitrogen functional groups attached to an aromatic ring is 1. The Kier molecular flexibility index (Phi) is 2.44. The smallest absolute Gasteiger partial charge is 0.169 e. The molecule has 0 atom stereocenters. The molecule has 0 amide bonds. The summed E-state index contributed by atoms with van der Waals surface area (Å²) in [5, 5.41) is 0. The van der Waals surface area contributed by atoms with Crippen molar-refractivity contribution in [3.63, 3.8) is 0 Å². The molecule has 3 nitrogen and oxygen atoms in total. The first-order chi connectivity index (χ1) is 6.70. The van der Waals surface area contributed by atoms with Crippen LogP contribution >= 0.6 is 0 Å². The largest absolute Gasteiger partial charge is 0.399 e. The summed E-state index contributed by atoms with van der Waals surface area (Å²) in [6.07, 6.45) is 0.708. The van der Waals surface area contributed by atoms with Gasteiger partial charge in [-0.05, 0) is 18.6 Å². The zero-order chi connectivity index (χ0) is 10.0. The molecular formula is C11H15NO2. The molecule has 0 aromatic heterocycles. The predicted molar refractivity (Wildman–Crippen MR) is 54.9 cm³/mol. The highest BCUT2D eigenvalue weighted by Crippen LogP contribution is 2.25. The van der Waals surface area contributed by atoms with Gasteiger partial charge in [-0.2, -0.15) is 0 Å². The third kappa shape index (κ3) is 1.89. The number of hydrogen-bond donors (Lipinski definition) is 1. The molecule has 0 saturated carbocycles. The van der Waals surface area contributed by atoms with Crippen molar-refractivity contribution in [1.82, 2.24) is 0 Å². The van der Waals surface area contributed by atoms with E-state index in [4.69, 9.17) is 15.2 Å². The van der Waals surface area contributed by atoms with Crippen molar-refractivity contribution in [2.24, 2.45) is 0 Å². The Balaban J connectivity index is 2.14. The maximum Gasteiger partial charge on any atom is 0.169 e. The maximum absolute atomic E-state index is 5.85. The third-order valence-corrected chi connectivity index (χ3v) is 2.46. The number of ether oxygens (including phenoxy) is 2. The zero-order valence-electron chi connectivity index (χ0n) is 8.32. The van der Waals surface area contributed by atoms with E-state index in [1.807, 2.05) is 31.2 Å². The fraction of sp³-hybridized carbons (Fsp3) is 0.455. The first kappa shape index (κ1) is 9.49. The summed E-state index contributed by atoms with van der Waals surface area (Å²) in [6.45, 7) is 3.29. The minimum Gasteiger partial charge on any atom is -0.399 e. The molecule has 0 aliphatic carbocycles. The van der Waals surface area contributed by atoms with Crippen LogP contribution in [0.25, 0.3) is 0 Å². The van der Waals surface area contributed by atoms with E-state index in [-0.39, 0.29) is 0 Å². The molecule has 3 heteroatoms. The van der Waals surface area contributed by atoms with E-state index in [1.54, 1.807) is 0 Å². The molecule has 0 radical (unpaired) electrons. The molecule has 2 rings (SSSR count). The predicted octanol–water partition coefficient (Wildman–Crippen LogP) is 1.57. The van der Waals surface area contributed by atoms with Gasteiger partial charge < -0.3 is 15.2 Å². The Bertz CT molecular complexity index is 319. The fourth-order valence-corrected chi connectivity index (χ4v) is 1.70. The summed E-state index contributed by atoms with van der Waals surface area (Å²) < 4.78 is 11.0. The average molecular weight is 193 g/mol. The Hall–Kier alpha value is -1.06. The van der Waals surface area contributed by atoms with E-state index in [9.17, 15) is 0 Å². The van der Waals surface area contributed by atoms with Gasteiger partial charge in [-0.25, -0.2) is 0 Å². The summed E-state index contributed by atoms with van der Waals surface area (Å²) in [5.74, 6) is -0.491. The van der Waals surface area contributed by atoms with Crippen LogP contribution in [-0.4, -0.2) is 19.0 Å². The summed E-state index contributed by atoms with van der Waals surface area (Å²) in [4.78, 5) is 0. The number of rotatable bonds is 2. The molecule has 1 aliphatic rings. The molecular weight excluding hydrogens is 178 g/mol. The third-order valence-electron chi connectivity index (χ3n) is 2.46. The van der Waals surface area contributed by atoms with Crippen molar-refractivity contribution in [3.05, 3.63) is 29.8 Å². The van der Waals surface area contributed by atoms with E-state index < -0.39 is 5.79 Å².